The summed E-state index contributed by atoms with van der Waals surface area (Å²) in [5, 5.41) is 2.53. The lowest BCUT2D eigenvalue weighted by atomic mass is 10.1. The maximum absolute atomic E-state index is 14.2. The van der Waals surface area contributed by atoms with Gasteiger partial charge < -0.3 is 10.1 Å². The highest BCUT2D eigenvalue weighted by atomic mass is 32.2. The zero-order valence-corrected chi connectivity index (χ0v) is 20.6. The summed E-state index contributed by atoms with van der Waals surface area (Å²) in [6.07, 6.45) is -4.22. The second-order valence-electron chi connectivity index (χ2n) is 8.40. The monoisotopic (exact) mass is 556 g/mol. The molecule has 1 aliphatic rings. The Morgan fingerprint density at radius 2 is 1.84 bits per heavy atom. The molecule has 1 amide bonds. The van der Waals surface area contributed by atoms with E-state index in [4.69, 9.17) is 4.74 Å². The van der Waals surface area contributed by atoms with Gasteiger partial charge >= 0.3 is 6.18 Å². The van der Waals surface area contributed by atoms with Crippen LogP contribution in [0.3, 0.4) is 0 Å². The summed E-state index contributed by atoms with van der Waals surface area (Å²) in [5.41, 5.74) is -0.128. The molecule has 0 aliphatic carbocycles. The van der Waals surface area contributed by atoms with Crippen molar-refractivity contribution in [2.75, 3.05) is 13.7 Å². The van der Waals surface area contributed by atoms with Gasteiger partial charge in [-0.05, 0) is 36.4 Å². The third kappa shape index (κ3) is 5.75. The molecule has 4 rings (SSSR count). The van der Waals surface area contributed by atoms with Gasteiger partial charge in [-0.3, -0.25) is 14.8 Å². The van der Waals surface area contributed by atoms with Gasteiger partial charge in [-0.15, -0.1) is 0 Å². The van der Waals surface area contributed by atoms with Gasteiger partial charge in [0, 0.05) is 30.3 Å². The predicted octanol–water partition coefficient (Wildman–Crippen LogP) is 3.73. The van der Waals surface area contributed by atoms with E-state index < -0.39 is 52.4 Å². The molecule has 2 aromatic heterocycles. The number of hydrogen-bond acceptors (Lipinski definition) is 6. The van der Waals surface area contributed by atoms with Gasteiger partial charge in [-0.2, -0.15) is 17.5 Å². The van der Waals surface area contributed by atoms with Gasteiger partial charge in [0.25, 0.3) is 0 Å². The average Bonchev–Trinajstić information content (AvgIpc) is 3.29. The third-order valence-corrected chi connectivity index (χ3v) is 7.77. The molecule has 2 atom stereocenters. The topological polar surface area (TPSA) is 101 Å². The van der Waals surface area contributed by atoms with Crippen LogP contribution in [0.2, 0.25) is 0 Å². The van der Waals surface area contributed by atoms with E-state index >= 15 is 0 Å². The average molecular weight is 557 g/mol. The van der Waals surface area contributed by atoms with E-state index in [9.17, 15) is 35.2 Å². The molecule has 0 radical (unpaired) electrons. The molecule has 1 N–H and O–H groups in total. The van der Waals surface area contributed by atoms with Crippen LogP contribution in [0.5, 0.6) is 5.75 Å². The van der Waals surface area contributed by atoms with Gasteiger partial charge in [0.1, 0.15) is 29.5 Å². The van der Waals surface area contributed by atoms with Crippen molar-refractivity contribution >= 4 is 15.9 Å². The van der Waals surface area contributed by atoms with Gasteiger partial charge in [0.15, 0.2) is 0 Å². The molecule has 3 aromatic rings. The number of nitrogens with zero attached hydrogens (tertiary/aromatic N) is 3. The van der Waals surface area contributed by atoms with Crippen molar-refractivity contribution in [1.82, 2.24) is 19.6 Å². The molecular formula is C24H21F5N4O4S. The number of amides is 1. The van der Waals surface area contributed by atoms with Crippen LogP contribution in [0.1, 0.15) is 17.8 Å². The number of alkyl halides is 4. The van der Waals surface area contributed by atoms with Crippen molar-refractivity contribution in [2.24, 2.45) is 0 Å². The van der Waals surface area contributed by atoms with Crippen LogP contribution in [0.25, 0.3) is 11.1 Å². The lowest BCUT2D eigenvalue weighted by Gasteiger charge is -2.23. The Morgan fingerprint density at radius 3 is 2.45 bits per heavy atom. The van der Waals surface area contributed by atoms with Crippen molar-refractivity contribution < 1.29 is 39.9 Å². The van der Waals surface area contributed by atoms with Crippen molar-refractivity contribution in [3.8, 4) is 16.9 Å². The van der Waals surface area contributed by atoms with Crippen molar-refractivity contribution in [3.05, 3.63) is 72.1 Å². The Morgan fingerprint density at radius 1 is 1.13 bits per heavy atom. The first-order valence-corrected chi connectivity index (χ1v) is 12.6. The van der Waals surface area contributed by atoms with Crippen LogP contribution in [0.4, 0.5) is 22.0 Å². The summed E-state index contributed by atoms with van der Waals surface area (Å²) in [7, 11) is -2.93. The number of methoxy groups -OCH3 is 1. The first-order valence-electron chi connectivity index (χ1n) is 11.2. The molecular weight excluding hydrogens is 535 g/mol. The number of pyridine rings is 2. The number of rotatable bonds is 7. The summed E-state index contributed by atoms with van der Waals surface area (Å²) in [6.45, 7) is -0.731. The number of hydrogen-bond donors (Lipinski definition) is 1. The summed E-state index contributed by atoms with van der Waals surface area (Å²) in [4.78, 5) is 20.2. The molecule has 202 valence electrons. The van der Waals surface area contributed by atoms with Crippen molar-refractivity contribution in [2.45, 2.75) is 36.3 Å². The minimum atomic E-state index is -4.60. The lowest BCUT2D eigenvalue weighted by Crippen LogP contribution is -2.45. The number of sulfonamides is 1. The van der Waals surface area contributed by atoms with E-state index in [1.807, 2.05) is 0 Å². The number of nitrogens with one attached hydrogen (secondary N) is 1. The molecule has 3 heterocycles. The Labute approximate surface area is 214 Å². The molecule has 0 saturated carbocycles. The highest BCUT2D eigenvalue weighted by Gasteiger charge is 2.44. The van der Waals surface area contributed by atoms with Crippen LogP contribution in [-0.2, 0) is 27.5 Å². The molecule has 1 fully saturated rings. The van der Waals surface area contributed by atoms with E-state index in [0.717, 1.165) is 40.8 Å². The molecule has 38 heavy (non-hydrogen) atoms. The number of ether oxygens (including phenoxy) is 1. The zero-order chi connectivity index (χ0) is 27.7. The van der Waals surface area contributed by atoms with E-state index in [2.05, 4.69) is 15.3 Å². The summed E-state index contributed by atoms with van der Waals surface area (Å²) in [5.74, 6) is -1.18. The Hall–Kier alpha value is -3.65. The molecule has 0 bridgehead atoms. The maximum Gasteiger partial charge on any atom is 0.433 e. The molecule has 0 spiro atoms. The number of halogens is 5. The van der Waals surface area contributed by atoms with E-state index in [1.165, 1.54) is 25.4 Å². The van der Waals surface area contributed by atoms with Gasteiger partial charge in [0.2, 0.25) is 15.9 Å². The molecule has 8 nitrogen and oxygen atoms in total. The fourth-order valence-corrected chi connectivity index (χ4v) is 5.62. The zero-order valence-electron chi connectivity index (χ0n) is 19.7. The van der Waals surface area contributed by atoms with Crippen LogP contribution in [0, 0.1) is 5.82 Å². The molecule has 1 saturated heterocycles. The molecule has 2 unspecified atom stereocenters. The number of carbonyl (C=O) groups is 1. The second kappa shape index (κ2) is 10.6. The molecule has 1 aliphatic heterocycles. The largest absolute Gasteiger partial charge is 0.494 e. The Kier molecular flexibility index (Phi) is 7.65. The minimum Gasteiger partial charge on any atom is -0.494 e. The second-order valence-corrected chi connectivity index (χ2v) is 10.3. The fraction of sp³-hybridized carbons (Fsp3) is 0.292. The van der Waals surface area contributed by atoms with Crippen LogP contribution in [-0.4, -0.2) is 54.5 Å². The third-order valence-electron chi connectivity index (χ3n) is 5.88. The van der Waals surface area contributed by atoms with Gasteiger partial charge in [-0.1, -0.05) is 6.07 Å². The highest BCUT2D eigenvalue weighted by Crippen LogP contribution is 2.33. The smallest absolute Gasteiger partial charge is 0.433 e. The number of carbonyl (C=O) groups excluding carboxylic acids is 1. The number of aromatic nitrogens is 2. The van der Waals surface area contributed by atoms with Crippen LogP contribution < -0.4 is 10.1 Å². The lowest BCUT2D eigenvalue weighted by molar-refractivity contribution is -0.141. The summed E-state index contributed by atoms with van der Waals surface area (Å²) in [6, 6.07) is 6.12. The standard InChI is InChI=1S/C24H21F5N4O4S/c1-37-21-12-30-17(9-19(21)14-2-7-22(31-10-14)24(27,28)29)11-32-23(34)20-8-16(26)13-33(20)38(35,36)18-5-3-15(25)4-6-18/h2-7,9-10,12,16,20H,8,11,13H2,1H3,(H,32,34). The first kappa shape index (κ1) is 27.4. The van der Waals surface area contributed by atoms with E-state index in [1.54, 1.807) is 0 Å². The van der Waals surface area contributed by atoms with Gasteiger partial charge in [0.05, 0.1) is 30.4 Å². The van der Waals surface area contributed by atoms with Crippen molar-refractivity contribution in [3.63, 3.8) is 0 Å². The first-order chi connectivity index (χ1) is 17.9. The minimum absolute atomic E-state index is 0.193. The fourth-order valence-electron chi connectivity index (χ4n) is 3.99. The Bertz CT molecular complexity index is 1420. The van der Waals surface area contributed by atoms with Crippen molar-refractivity contribution in [1.29, 1.82) is 0 Å². The molecule has 1 aromatic carbocycles. The number of benzene rings is 1. The predicted molar refractivity (Wildman–Crippen MR) is 124 cm³/mol. The van der Waals surface area contributed by atoms with Crippen LogP contribution >= 0.6 is 0 Å². The van der Waals surface area contributed by atoms with Crippen LogP contribution in [0.15, 0.2) is 59.8 Å². The quantitative estimate of drug-likeness (QED) is 0.445. The Balaban J connectivity index is 1.52. The summed E-state index contributed by atoms with van der Waals surface area (Å²) < 4.78 is 98.0. The normalized spacial score (nSPS) is 18.4. The molecule has 14 heteroatoms. The maximum atomic E-state index is 14.2. The SMILES string of the molecule is COc1cnc(CNC(=O)C2CC(F)CN2S(=O)(=O)c2ccc(F)cc2)cc1-c1ccc(C(F)(F)F)nc1. The van der Waals surface area contributed by atoms with E-state index in [-0.39, 0.29) is 29.3 Å². The highest BCUT2D eigenvalue weighted by molar-refractivity contribution is 7.89. The summed E-state index contributed by atoms with van der Waals surface area (Å²) >= 11 is 0. The van der Waals surface area contributed by atoms with E-state index in [0.29, 0.717) is 11.1 Å². The van der Waals surface area contributed by atoms with Gasteiger partial charge in [-0.25, -0.2) is 17.2 Å².